The van der Waals surface area contributed by atoms with Gasteiger partial charge in [0.15, 0.2) is 0 Å². The van der Waals surface area contributed by atoms with Gasteiger partial charge in [-0.3, -0.25) is 14.5 Å². The maximum Gasteiger partial charge on any atom is 0.239 e. The summed E-state index contributed by atoms with van der Waals surface area (Å²) in [5.41, 5.74) is 1.33. The van der Waals surface area contributed by atoms with E-state index in [2.05, 4.69) is 39.8 Å². The predicted octanol–water partition coefficient (Wildman–Crippen LogP) is 2.46. The number of carbonyl (C=O) groups is 2. The number of piperidine rings is 1. The van der Waals surface area contributed by atoms with Gasteiger partial charge in [0.05, 0.1) is 6.54 Å². The molecule has 2 fully saturated rings. The smallest absolute Gasteiger partial charge is 0.239 e. The highest BCUT2D eigenvalue weighted by Gasteiger charge is 2.23. The Labute approximate surface area is 156 Å². The highest BCUT2D eigenvalue weighted by atomic mass is 16.2. The zero-order valence-corrected chi connectivity index (χ0v) is 15.6. The van der Waals surface area contributed by atoms with E-state index in [-0.39, 0.29) is 30.3 Å². The minimum Gasteiger partial charge on any atom is -0.352 e. The Balaban J connectivity index is 1.32. The lowest BCUT2D eigenvalue weighted by Gasteiger charge is -2.32. The molecule has 142 valence electrons. The number of carbonyl (C=O) groups excluding carboxylic acids is 2. The molecule has 0 bridgehead atoms. The van der Waals surface area contributed by atoms with Crippen LogP contribution in [0.4, 0.5) is 0 Å². The molecule has 1 saturated carbocycles. The summed E-state index contributed by atoms with van der Waals surface area (Å²) in [6.07, 6.45) is 7.36. The van der Waals surface area contributed by atoms with Gasteiger partial charge in [0, 0.05) is 31.6 Å². The highest BCUT2D eigenvalue weighted by molar-refractivity contribution is 5.85. The van der Waals surface area contributed by atoms with Crippen molar-refractivity contribution < 1.29 is 9.59 Å². The number of hydrogen-bond acceptors (Lipinski definition) is 3. The first-order chi connectivity index (χ1) is 12.7. The van der Waals surface area contributed by atoms with Crippen LogP contribution in [0.3, 0.4) is 0 Å². The topological polar surface area (TPSA) is 61.4 Å². The molecule has 0 aromatic heterocycles. The summed E-state index contributed by atoms with van der Waals surface area (Å²) < 4.78 is 0. The maximum absolute atomic E-state index is 12.1. The second-order valence-corrected chi connectivity index (χ2v) is 7.66. The van der Waals surface area contributed by atoms with E-state index in [0.29, 0.717) is 0 Å². The second-order valence-electron chi connectivity index (χ2n) is 7.66. The van der Waals surface area contributed by atoms with Crippen LogP contribution in [-0.2, 0) is 16.1 Å². The molecule has 1 heterocycles. The lowest BCUT2D eigenvalue weighted by Crippen LogP contribution is -2.47. The lowest BCUT2D eigenvalue weighted by molar-refractivity contribution is -0.129. The van der Waals surface area contributed by atoms with Gasteiger partial charge in [-0.15, -0.1) is 0 Å². The van der Waals surface area contributed by atoms with E-state index < -0.39 is 0 Å². The molecule has 2 N–H and O–H groups in total. The quantitative estimate of drug-likeness (QED) is 0.822. The standard InChI is InChI=1S/C21H31N3O2/c25-20(15-22-21(26)18-9-5-2-6-10-18)23-19-11-13-24(14-12-19)16-17-7-3-1-4-8-17/h1,3-4,7-8,18-19H,2,5-6,9-16H2,(H,22,26)(H,23,25). The first kappa shape index (κ1) is 18.9. The number of amides is 2. The van der Waals surface area contributed by atoms with Gasteiger partial charge in [0.2, 0.25) is 11.8 Å². The molecular formula is C21H31N3O2. The summed E-state index contributed by atoms with van der Waals surface area (Å²) in [6.45, 7) is 3.07. The monoisotopic (exact) mass is 357 g/mol. The van der Waals surface area contributed by atoms with Crippen molar-refractivity contribution in [3.8, 4) is 0 Å². The number of likely N-dealkylation sites (tertiary alicyclic amines) is 1. The summed E-state index contributed by atoms with van der Waals surface area (Å²) in [5.74, 6) is 0.103. The van der Waals surface area contributed by atoms with Crippen LogP contribution in [0.1, 0.15) is 50.5 Å². The summed E-state index contributed by atoms with van der Waals surface area (Å²) in [6, 6.07) is 10.7. The Morgan fingerprint density at radius 2 is 1.65 bits per heavy atom. The Morgan fingerprint density at radius 3 is 2.35 bits per heavy atom. The van der Waals surface area contributed by atoms with Crippen LogP contribution in [0, 0.1) is 5.92 Å². The van der Waals surface area contributed by atoms with Crippen molar-refractivity contribution in [1.82, 2.24) is 15.5 Å². The van der Waals surface area contributed by atoms with Crippen LogP contribution in [0.5, 0.6) is 0 Å². The molecule has 26 heavy (non-hydrogen) atoms. The number of nitrogens with zero attached hydrogens (tertiary/aromatic N) is 1. The molecule has 0 spiro atoms. The average Bonchev–Trinajstić information content (AvgIpc) is 2.69. The third-order valence-corrected chi connectivity index (χ3v) is 5.60. The van der Waals surface area contributed by atoms with Gasteiger partial charge >= 0.3 is 0 Å². The number of nitrogens with one attached hydrogen (secondary N) is 2. The van der Waals surface area contributed by atoms with E-state index >= 15 is 0 Å². The molecule has 5 nitrogen and oxygen atoms in total. The Morgan fingerprint density at radius 1 is 0.962 bits per heavy atom. The number of hydrogen-bond donors (Lipinski definition) is 2. The van der Waals surface area contributed by atoms with Crippen LogP contribution >= 0.6 is 0 Å². The zero-order valence-electron chi connectivity index (χ0n) is 15.6. The molecule has 0 atom stereocenters. The van der Waals surface area contributed by atoms with Crippen molar-refractivity contribution in [2.24, 2.45) is 5.92 Å². The van der Waals surface area contributed by atoms with E-state index in [1.165, 1.54) is 12.0 Å². The van der Waals surface area contributed by atoms with Crippen molar-refractivity contribution in [1.29, 1.82) is 0 Å². The van der Waals surface area contributed by atoms with Crippen LogP contribution in [0.25, 0.3) is 0 Å². The molecular weight excluding hydrogens is 326 g/mol. The fourth-order valence-corrected chi connectivity index (χ4v) is 4.03. The highest BCUT2D eigenvalue weighted by Crippen LogP contribution is 2.23. The SMILES string of the molecule is O=C(CNC(=O)C1CCCCC1)NC1CCN(Cc2ccccc2)CC1. The number of rotatable bonds is 6. The predicted molar refractivity (Wildman–Crippen MR) is 102 cm³/mol. The number of benzene rings is 1. The van der Waals surface area contributed by atoms with E-state index in [1.54, 1.807) is 0 Å². The first-order valence-corrected chi connectivity index (χ1v) is 10.0. The third-order valence-electron chi connectivity index (χ3n) is 5.60. The van der Waals surface area contributed by atoms with Gasteiger partial charge < -0.3 is 10.6 Å². The van der Waals surface area contributed by atoms with Crippen LogP contribution < -0.4 is 10.6 Å². The average molecular weight is 357 g/mol. The fourth-order valence-electron chi connectivity index (χ4n) is 4.03. The Hall–Kier alpha value is -1.88. The van der Waals surface area contributed by atoms with Gasteiger partial charge in [-0.2, -0.15) is 0 Å². The van der Waals surface area contributed by atoms with Crippen molar-refractivity contribution >= 4 is 11.8 Å². The largest absolute Gasteiger partial charge is 0.352 e. The Kier molecular flexibility index (Phi) is 7.06. The summed E-state index contributed by atoms with van der Waals surface area (Å²) >= 11 is 0. The molecule has 2 aliphatic rings. The molecule has 3 rings (SSSR count). The Bertz CT molecular complexity index is 576. The van der Waals surface area contributed by atoms with Crippen molar-refractivity contribution in [3.05, 3.63) is 35.9 Å². The molecule has 0 unspecified atom stereocenters. The first-order valence-electron chi connectivity index (χ1n) is 10.0. The maximum atomic E-state index is 12.1. The van der Waals surface area contributed by atoms with Gasteiger partial charge in [0.25, 0.3) is 0 Å². The normalized spacial score (nSPS) is 19.8. The minimum absolute atomic E-state index is 0.0533. The summed E-state index contributed by atoms with van der Waals surface area (Å²) in [4.78, 5) is 26.7. The van der Waals surface area contributed by atoms with Crippen LogP contribution in [0.15, 0.2) is 30.3 Å². The van der Waals surface area contributed by atoms with Crippen LogP contribution in [0.2, 0.25) is 0 Å². The molecule has 2 amide bonds. The van der Waals surface area contributed by atoms with Gasteiger partial charge in [0.1, 0.15) is 0 Å². The third kappa shape index (κ3) is 5.84. The van der Waals surface area contributed by atoms with Gasteiger partial charge in [-0.1, -0.05) is 49.6 Å². The molecule has 1 aromatic rings. The van der Waals surface area contributed by atoms with E-state index in [4.69, 9.17) is 0 Å². The van der Waals surface area contributed by atoms with Crippen molar-refractivity contribution in [2.45, 2.75) is 57.5 Å². The van der Waals surface area contributed by atoms with E-state index in [0.717, 1.165) is 58.2 Å². The fraction of sp³-hybridized carbons (Fsp3) is 0.619. The molecule has 1 aromatic carbocycles. The van der Waals surface area contributed by atoms with E-state index in [9.17, 15) is 9.59 Å². The summed E-state index contributed by atoms with van der Waals surface area (Å²) in [5, 5.41) is 5.90. The van der Waals surface area contributed by atoms with Crippen molar-refractivity contribution in [2.75, 3.05) is 19.6 Å². The molecule has 0 radical (unpaired) electrons. The van der Waals surface area contributed by atoms with Crippen molar-refractivity contribution in [3.63, 3.8) is 0 Å². The van der Waals surface area contributed by atoms with Crippen LogP contribution in [-0.4, -0.2) is 42.4 Å². The second kappa shape index (κ2) is 9.72. The van der Waals surface area contributed by atoms with Gasteiger partial charge in [-0.05, 0) is 31.2 Å². The van der Waals surface area contributed by atoms with Gasteiger partial charge in [-0.25, -0.2) is 0 Å². The minimum atomic E-state index is -0.0596. The zero-order chi connectivity index (χ0) is 18.2. The summed E-state index contributed by atoms with van der Waals surface area (Å²) in [7, 11) is 0. The lowest BCUT2D eigenvalue weighted by atomic mass is 9.89. The molecule has 1 saturated heterocycles. The van der Waals surface area contributed by atoms with E-state index in [1.807, 2.05) is 6.07 Å². The molecule has 1 aliphatic carbocycles. The molecule has 1 aliphatic heterocycles. The molecule has 5 heteroatoms.